The number of rotatable bonds is 2. The fourth-order valence-electron chi connectivity index (χ4n) is 6.97. The molecule has 0 radical (unpaired) electrons. The van der Waals surface area contributed by atoms with E-state index in [2.05, 4.69) is 9.80 Å². The number of nitrogens with zero attached hydrogens (tertiary/aromatic N) is 5. The first-order chi connectivity index (χ1) is 18.7. The van der Waals surface area contributed by atoms with E-state index in [0.29, 0.717) is 11.4 Å². The van der Waals surface area contributed by atoms with Gasteiger partial charge < -0.3 is 15.5 Å². The Morgan fingerprint density at radius 2 is 1.93 bits per heavy atom. The smallest absolute Gasteiger partial charge is 0.175 e. The summed E-state index contributed by atoms with van der Waals surface area (Å²) in [5.41, 5.74) is 12.1. The second-order valence-corrected chi connectivity index (χ2v) is 13.3. The van der Waals surface area contributed by atoms with Gasteiger partial charge in [0.05, 0.1) is 23.3 Å². The minimum absolute atomic E-state index is 0. The Balaban J connectivity index is 0.00000289. The third kappa shape index (κ3) is 4.19. The number of nitrogens with two attached hydrogens (primary N) is 1. The highest BCUT2D eigenvalue weighted by molar-refractivity contribution is 7.90. The van der Waals surface area contributed by atoms with Crippen LogP contribution in [0.15, 0.2) is 52.5 Å². The van der Waals surface area contributed by atoms with Crippen molar-refractivity contribution < 1.29 is 12.8 Å². The summed E-state index contributed by atoms with van der Waals surface area (Å²) < 4.78 is 38.6. The molecule has 1 atom stereocenters. The maximum Gasteiger partial charge on any atom is 0.175 e. The molecule has 1 aliphatic carbocycles. The van der Waals surface area contributed by atoms with Gasteiger partial charge in [-0.1, -0.05) is 19.6 Å². The predicted molar refractivity (Wildman–Crippen MR) is 155 cm³/mol. The Hall–Kier alpha value is -3.37. The van der Waals surface area contributed by atoms with E-state index in [1.807, 2.05) is 18.3 Å². The first kappa shape index (κ1) is 26.8. The Morgan fingerprint density at radius 3 is 2.70 bits per heavy atom. The van der Waals surface area contributed by atoms with Crippen molar-refractivity contribution in [1.29, 1.82) is 0 Å². The van der Waals surface area contributed by atoms with E-state index >= 15 is 0 Å². The van der Waals surface area contributed by atoms with Crippen LogP contribution in [0, 0.1) is 11.2 Å². The number of halogens is 1. The van der Waals surface area contributed by atoms with Gasteiger partial charge in [0.1, 0.15) is 17.3 Å². The van der Waals surface area contributed by atoms with Crippen LogP contribution < -0.4 is 15.5 Å². The second kappa shape index (κ2) is 9.62. The van der Waals surface area contributed by atoms with Crippen LogP contribution >= 0.6 is 0 Å². The van der Waals surface area contributed by atoms with Crippen molar-refractivity contribution in [2.24, 2.45) is 16.1 Å². The number of fused-ring (bicyclic) bond motifs is 3. The zero-order valence-corrected chi connectivity index (χ0v) is 22.7. The van der Waals surface area contributed by atoms with Crippen molar-refractivity contribution in [3.8, 4) is 0 Å². The van der Waals surface area contributed by atoms with Crippen LogP contribution in [0.2, 0.25) is 0 Å². The molecule has 4 aliphatic rings. The number of piperidine rings is 1. The molecule has 2 N–H and O–H groups in total. The Kier molecular flexibility index (Phi) is 6.46. The molecule has 2 aromatic carbocycles. The number of anilines is 2. The van der Waals surface area contributed by atoms with Gasteiger partial charge in [-0.05, 0) is 78.5 Å². The fraction of sp³-hybridized carbons (Fsp3) is 0.433. The highest BCUT2D eigenvalue weighted by Crippen LogP contribution is 2.51. The molecular weight excluding hydrogens is 527 g/mol. The predicted octanol–water partition coefficient (Wildman–Crippen LogP) is 4.21. The van der Waals surface area contributed by atoms with E-state index in [1.54, 1.807) is 18.2 Å². The first-order valence-corrected chi connectivity index (χ1v) is 15.4. The molecule has 40 heavy (non-hydrogen) atoms. The van der Waals surface area contributed by atoms with E-state index in [0.717, 1.165) is 91.6 Å². The van der Waals surface area contributed by atoms with Crippen LogP contribution in [0.3, 0.4) is 0 Å². The van der Waals surface area contributed by atoms with E-state index in [9.17, 15) is 12.8 Å². The summed E-state index contributed by atoms with van der Waals surface area (Å²) in [5, 5.41) is 0. The Labute approximate surface area is 235 Å². The lowest BCUT2D eigenvalue weighted by Gasteiger charge is -2.42. The summed E-state index contributed by atoms with van der Waals surface area (Å²) in [5.74, 6) is 1.38. The van der Waals surface area contributed by atoms with Gasteiger partial charge in [0.2, 0.25) is 0 Å². The summed E-state index contributed by atoms with van der Waals surface area (Å²) in [6.45, 7) is 2.84. The molecule has 1 saturated heterocycles. The number of hydrogen-bond donors (Lipinski definition) is 1. The summed E-state index contributed by atoms with van der Waals surface area (Å²) in [6.07, 6.45) is 7.37. The van der Waals surface area contributed by atoms with Crippen LogP contribution in [-0.4, -0.2) is 50.1 Å². The van der Waals surface area contributed by atoms with Gasteiger partial charge in [0.15, 0.2) is 15.7 Å². The largest absolute Gasteiger partial charge is 0.355 e. The standard InChI is InChI=1S/C29H31FN6O2S.CH4/c1-39(37,38)24-6-2-5-23-20(24)4-3-11-36(23)28-26-22(16-33-28)34-25(17-32-26)35-12-9-29(10-13-35)15-18-7-8-19(30)14-21(18)27(29)31;/h2,5-8,14,17,27H,3-4,9-13,15-16,31H2,1H3;1H4/t27-;/m1./s1. The van der Waals surface area contributed by atoms with Crippen molar-refractivity contribution in [2.45, 2.75) is 57.0 Å². The average molecular weight is 563 g/mol. The van der Waals surface area contributed by atoms with Crippen molar-refractivity contribution in [1.82, 2.24) is 9.97 Å². The molecule has 7 rings (SSSR count). The van der Waals surface area contributed by atoms with Crippen LogP contribution in [0.1, 0.15) is 60.8 Å². The number of aliphatic imine (C=N–C) groups is 1. The van der Waals surface area contributed by atoms with Gasteiger partial charge in [-0.3, -0.25) is 4.99 Å². The molecule has 1 fully saturated rings. The number of sulfone groups is 1. The van der Waals surface area contributed by atoms with Gasteiger partial charge in [-0.2, -0.15) is 0 Å². The molecule has 3 aromatic rings. The average Bonchev–Trinajstić information content (AvgIpc) is 3.46. The second-order valence-electron chi connectivity index (χ2n) is 11.3. The molecule has 8 nitrogen and oxygen atoms in total. The normalized spacial score (nSPS) is 21.0. The number of aromatic nitrogens is 2. The molecule has 210 valence electrons. The topological polar surface area (TPSA) is 105 Å². The zero-order chi connectivity index (χ0) is 26.9. The summed E-state index contributed by atoms with van der Waals surface area (Å²) in [7, 11) is -3.32. The van der Waals surface area contributed by atoms with Crippen LogP contribution in [0.4, 0.5) is 15.9 Å². The lowest BCUT2D eigenvalue weighted by Crippen LogP contribution is -2.44. The molecule has 1 aromatic heterocycles. The van der Waals surface area contributed by atoms with Gasteiger partial charge in [-0.25, -0.2) is 22.8 Å². The number of amidine groups is 1. The Bertz CT molecular complexity index is 1630. The van der Waals surface area contributed by atoms with Gasteiger partial charge in [0.25, 0.3) is 0 Å². The molecule has 0 bridgehead atoms. The summed E-state index contributed by atoms with van der Waals surface area (Å²) >= 11 is 0. The van der Waals surface area contributed by atoms with Gasteiger partial charge >= 0.3 is 0 Å². The van der Waals surface area contributed by atoms with E-state index in [-0.39, 0.29) is 24.7 Å². The highest BCUT2D eigenvalue weighted by atomic mass is 32.2. The lowest BCUT2D eigenvalue weighted by molar-refractivity contribution is 0.187. The zero-order valence-electron chi connectivity index (χ0n) is 21.9. The van der Waals surface area contributed by atoms with Crippen molar-refractivity contribution in [3.63, 3.8) is 0 Å². The molecule has 10 heteroatoms. The molecule has 3 aliphatic heterocycles. The van der Waals surface area contributed by atoms with E-state index < -0.39 is 9.84 Å². The molecule has 0 saturated carbocycles. The summed E-state index contributed by atoms with van der Waals surface area (Å²) in [4.78, 5) is 19.3. The van der Waals surface area contributed by atoms with Crippen molar-refractivity contribution in [2.75, 3.05) is 35.7 Å². The fourth-order valence-corrected chi connectivity index (χ4v) is 7.95. The molecule has 4 heterocycles. The quantitative estimate of drug-likeness (QED) is 0.499. The molecule has 0 amide bonds. The van der Waals surface area contributed by atoms with Crippen molar-refractivity contribution >= 4 is 27.2 Å². The lowest BCUT2D eigenvalue weighted by atomic mass is 9.73. The van der Waals surface area contributed by atoms with Crippen molar-refractivity contribution in [3.05, 3.63) is 76.5 Å². The maximum absolute atomic E-state index is 13.9. The van der Waals surface area contributed by atoms with Crippen LogP contribution in [0.25, 0.3) is 0 Å². The highest BCUT2D eigenvalue weighted by Gasteiger charge is 2.46. The van der Waals surface area contributed by atoms with Gasteiger partial charge in [-0.15, -0.1) is 0 Å². The first-order valence-electron chi connectivity index (χ1n) is 13.5. The third-order valence-electron chi connectivity index (χ3n) is 9.01. The monoisotopic (exact) mass is 562 g/mol. The molecule has 1 spiro atoms. The molecular formula is C30H35FN6O2S. The SMILES string of the molecule is C.CS(=O)(=O)c1cccc2c1CCCN2C1=NCc2nc(N3CCC4(CC3)Cc3ccc(F)cc3[C@H]4N)cnc21. The van der Waals surface area contributed by atoms with Crippen LogP contribution in [0.5, 0.6) is 0 Å². The minimum Gasteiger partial charge on any atom is -0.355 e. The minimum atomic E-state index is -3.32. The van der Waals surface area contributed by atoms with Crippen LogP contribution in [-0.2, 0) is 29.2 Å². The molecule has 0 unspecified atom stereocenters. The van der Waals surface area contributed by atoms with E-state index in [4.69, 9.17) is 20.7 Å². The number of benzene rings is 2. The third-order valence-corrected chi connectivity index (χ3v) is 10.2. The van der Waals surface area contributed by atoms with Gasteiger partial charge in [0, 0.05) is 37.6 Å². The Morgan fingerprint density at radius 1 is 1.12 bits per heavy atom. The van der Waals surface area contributed by atoms with E-state index in [1.165, 1.54) is 17.9 Å². The number of hydrogen-bond acceptors (Lipinski definition) is 8. The summed E-state index contributed by atoms with van der Waals surface area (Å²) in [6, 6.07) is 10.3. The maximum atomic E-state index is 13.9.